The Hall–Kier alpha value is -1.51. The monoisotopic (exact) mass is 359 g/mol. The number of hydrogen-bond donors (Lipinski definition) is 1. The minimum atomic E-state index is -0.526. The molecule has 0 aliphatic carbocycles. The largest absolute Gasteiger partial charge is 0.383 e. The number of rotatable bonds is 8. The number of nitro groups is 1. The van der Waals surface area contributed by atoms with Gasteiger partial charge in [0, 0.05) is 43.3 Å². The van der Waals surface area contributed by atoms with E-state index in [1.165, 1.54) is 18.2 Å². The summed E-state index contributed by atoms with van der Waals surface area (Å²) in [6, 6.07) is 4.10. The summed E-state index contributed by atoms with van der Waals surface area (Å²) in [4.78, 5) is 24.3. The topological polar surface area (TPSA) is 84.7 Å². The number of nitrogens with zero attached hydrogens (tertiary/aromatic N) is 2. The maximum Gasteiger partial charge on any atom is 0.270 e. The Labute approximate surface area is 131 Å². The fourth-order valence-electron chi connectivity index (χ4n) is 1.62. The summed E-state index contributed by atoms with van der Waals surface area (Å²) in [5.74, 6) is -0.342. The Balaban J connectivity index is 2.56. The molecule has 0 heterocycles. The van der Waals surface area contributed by atoms with Crippen molar-refractivity contribution >= 4 is 27.5 Å². The van der Waals surface area contributed by atoms with Gasteiger partial charge in [0.25, 0.3) is 11.6 Å². The standard InChI is InChI=1S/C13H18BrN3O4/c1-16(7-8-21-2)6-5-15-13(18)11-9-10(17(19)20)3-4-12(11)14/h3-4,9H,5-8H2,1-2H3,(H,15,18). The number of amides is 1. The van der Waals surface area contributed by atoms with E-state index in [9.17, 15) is 14.9 Å². The van der Waals surface area contributed by atoms with Gasteiger partial charge >= 0.3 is 0 Å². The van der Waals surface area contributed by atoms with Crippen molar-refractivity contribution in [1.82, 2.24) is 10.2 Å². The molecule has 116 valence electrons. The summed E-state index contributed by atoms with van der Waals surface area (Å²) in [7, 11) is 3.56. The molecule has 1 N–H and O–H groups in total. The van der Waals surface area contributed by atoms with Crippen molar-refractivity contribution in [2.24, 2.45) is 0 Å². The lowest BCUT2D eigenvalue weighted by Crippen LogP contribution is -2.34. The van der Waals surface area contributed by atoms with Crippen LogP contribution in [0.2, 0.25) is 0 Å². The van der Waals surface area contributed by atoms with Crippen LogP contribution in [0.3, 0.4) is 0 Å². The molecule has 0 radical (unpaired) electrons. The minimum Gasteiger partial charge on any atom is -0.383 e. The van der Waals surface area contributed by atoms with E-state index in [-0.39, 0.29) is 17.2 Å². The second-order valence-electron chi connectivity index (χ2n) is 4.47. The number of benzene rings is 1. The molecule has 1 aromatic carbocycles. The zero-order valence-electron chi connectivity index (χ0n) is 12.0. The normalized spacial score (nSPS) is 10.7. The van der Waals surface area contributed by atoms with E-state index in [1.807, 2.05) is 11.9 Å². The van der Waals surface area contributed by atoms with E-state index < -0.39 is 4.92 Å². The minimum absolute atomic E-state index is 0.111. The molecule has 0 spiro atoms. The van der Waals surface area contributed by atoms with Gasteiger partial charge in [-0.1, -0.05) is 0 Å². The number of nitrogens with one attached hydrogen (secondary N) is 1. The first-order chi connectivity index (χ1) is 9.95. The van der Waals surface area contributed by atoms with Gasteiger partial charge in [-0.15, -0.1) is 0 Å². The molecule has 0 fully saturated rings. The lowest BCUT2D eigenvalue weighted by molar-refractivity contribution is -0.384. The van der Waals surface area contributed by atoms with Crippen LogP contribution in [0.5, 0.6) is 0 Å². The van der Waals surface area contributed by atoms with Crippen LogP contribution >= 0.6 is 15.9 Å². The first-order valence-electron chi connectivity index (χ1n) is 6.35. The van der Waals surface area contributed by atoms with Gasteiger partial charge in [0.1, 0.15) is 0 Å². The quantitative estimate of drug-likeness (QED) is 0.563. The molecule has 0 unspecified atom stereocenters. The van der Waals surface area contributed by atoms with Crippen molar-refractivity contribution in [3.05, 3.63) is 38.3 Å². The van der Waals surface area contributed by atoms with E-state index in [0.29, 0.717) is 24.2 Å². The second kappa shape index (κ2) is 8.71. The zero-order chi connectivity index (χ0) is 15.8. The van der Waals surface area contributed by atoms with Gasteiger partial charge in [-0.3, -0.25) is 14.9 Å². The lowest BCUT2D eigenvalue weighted by atomic mass is 10.2. The number of likely N-dealkylation sites (N-methyl/N-ethyl adjacent to an activating group) is 1. The van der Waals surface area contributed by atoms with Gasteiger partial charge in [-0.2, -0.15) is 0 Å². The fraction of sp³-hybridized carbons (Fsp3) is 0.462. The molecule has 0 aliphatic heterocycles. The summed E-state index contributed by atoms with van der Waals surface area (Å²) in [6.07, 6.45) is 0. The molecular weight excluding hydrogens is 342 g/mol. The van der Waals surface area contributed by atoms with Crippen molar-refractivity contribution < 1.29 is 14.5 Å². The molecule has 0 atom stereocenters. The first kappa shape index (κ1) is 17.5. The molecular formula is C13H18BrN3O4. The van der Waals surface area contributed by atoms with Gasteiger partial charge in [0.05, 0.1) is 17.1 Å². The van der Waals surface area contributed by atoms with Crippen molar-refractivity contribution in [2.45, 2.75) is 0 Å². The van der Waals surface area contributed by atoms with Crippen molar-refractivity contribution in [3.8, 4) is 0 Å². The third-order valence-electron chi connectivity index (χ3n) is 2.86. The number of halogens is 1. The van der Waals surface area contributed by atoms with Crippen LogP contribution in [0, 0.1) is 10.1 Å². The van der Waals surface area contributed by atoms with Crippen LogP contribution in [-0.2, 0) is 4.74 Å². The van der Waals surface area contributed by atoms with Crippen molar-refractivity contribution in [2.75, 3.05) is 40.4 Å². The van der Waals surface area contributed by atoms with Crippen molar-refractivity contribution in [3.63, 3.8) is 0 Å². The Morgan fingerprint density at radius 3 is 2.81 bits per heavy atom. The van der Waals surface area contributed by atoms with E-state index in [4.69, 9.17) is 4.74 Å². The molecule has 0 bridgehead atoms. The molecule has 0 saturated carbocycles. The Morgan fingerprint density at radius 1 is 1.48 bits per heavy atom. The van der Waals surface area contributed by atoms with Crippen LogP contribution in [0.1, 0.15) is 10.4 Å². The van der Waals surface area contributed by atoms with Crippen LogP contribution < -0.4 is 5.32 Å². The highest BCUT2D eigenvalue weighted by Gasteiger charge is 2.15. The Morgan fingerprint density at radius 2 is 2.19 bits per heavy atom. The maximum absolute atomic E-state index is 12.0. The van der Waals surface area contributed by atoms with Gasteiger partial charge in [-0.05, 0) is 29.0 Å². The van der Waals surface area contributed by atoms with Gasteiger partial charge in [0.15, 0.2) is 0 Å². The predicted molar refractivity (Wildman–Crippen MR) is 82.5 cm³/mol. The molecule has 1 amide bonds. The highest BCUT2D eigenvalue weighted by molar-refractivity contribution is 9.10. The summed E-state index contributed by atoms with van der Waals surface area (Å²) in [5, 5.41) is 13.5. The number of nitro benzene ring substituents is 1. The van der Waals surface area contributed by atoms with Gasteiger partial charge in [0.2, 0.25) is 0 Å². The number of hydrogen-bond acceptors (Lipinski definition) is 5. The van der Waals surface area contributed by atoms with Gasteiger partial charge in [-0.25, -0.2) is 0 Å². The SMILES string of the molecule is COCCN(C)CCNC(=O)c1cc([N+](=O)[O-])ccc1Br. The van der Waals surface area contributed by atoms with Crippen LogP contribution in [-0.4, -0.2) is 56.1 Å². The second-order valence-corrected chi connectivity index (χ2v) is 5.33. The Kier molecular flexibility index (Phi) is 7.27. The maximum atomic E-state index is 12.0. The molecule has 0 aromatic heterocycles. The number of carbonyl (C=O) groups is 1. The molecule has 7 nitrogen and oxygen atoms in total. The van der Waals surface area contributed by atoms with E-state index in [1.54, 1.807) is 7.11 Å². The first-order valence-corrected chi connectivity index (χ1v) is 7.14. The summed E-state index contributed by atoms with van der Waals surface area (Å²) < 4.78 is 5.49. The summed E-state index contributed by atoms with van der Waals surface area (Å²) >= 11 is 3.22. The van der Waals surface area contributed by atoms with E-state index in [0.717, 1.165) is 6.54 Å². The third-order valence-corrected chi connectivity index (χ3v) is 3.55. The smallest absolute Gasteiger partial charge is 0.270 e. The molecule has 21 heavy (non-hydrogen) atoms. The molecule has 8 heteroatoms. The summed E-state index contributed by atoms with van der Waals surface area (Å²) in [5.41, 5.74) is 0.143. The molecule has 1 rings (SSSR count). The molecule has 0 saturated heterocycles. The molecule has 1 aromatic rings. The highest BCUT2D eigenvalue weighted by Crippen LogP contribution is 2.22. The highest BCUT2D eigenvalue weighted by atomic mass is 79.9. The number of carbonyl (C=O) groups excluding carboxylic acids is 1. The van der Waals surface area contributed by atoms with Crippen LogP contribution in [0.25, 0.3) is 0 Å². The van der Waals surface area contributed by atoms with E-state index in [2.05, 4.69) is 21.2 Å². The van der Waals surface area contributed by atoms with Gasteiger partial charge < -0.3 is 15.0 Å². The third kappa shape index (κ3) is 5.78. The number of non-ortho nitro benzene ring substituents is 1. The predicted octanol–water partition coefficient (Wildman–Crippen LogP) is 1.67. The van der Waals surface area contributed by atoms with Crippen LogP contribution in [0.15, 0.2) is 22.7 Å². The van der Waals surface area contributed by atoms with Crippen molar-refractivity contribution in [1.29, 1.82) is 0 Å². The lowest BCUT2D eigenvalue weighted by Gasteiger charge is -2.16. The number of ether oxygens (including phenoxy) is 1. The number of methoxy groups -OCH3 is 1. The van der Waals surface area contributed by atoms with Crippen LogP contribution in [0.4, 0.5) is 5.69 Å². The van der Waals surface area contributed by atoms with E-state index >= 15 is 0 Å². The molecule has 0 aliphatic rings. The zero-order valence-corrected chi connectivity index (χ0v) is 13.6. The average Bonchev–Trinajstić information content (AvgIpc) is 2.45. The Bertz CT molecular complexity index is 510. The fourth-order valence-corrected chi connectivity index (χ4v) is 2.04. The average molecular weight is 360 g/mol. The summed E-state index contributed by atoms with van der Waals surface area (Å²) in [6.45, 7) is 2.52.